The fourth-order valence-electron chi connectivity index (χ4n) is 3.22. The fraction of sp³-hybridized carbons (Fsp3) is 0.444. The fourth-order valence-corrected chi connectivity index (χ4v) is 3.22. The third-order valence-corrected chi connectivity index (χ3v) is 4.42. The van der Waals surface area contributed by atoms with E-state index in [-0.39, 0.29) is 11.9 Å². The Kier molecular flexibility index (Phi) is 5.01. The summed E-state index contributed by atoms with van der Waals surface area (Å²) in [6.45, 7) is 5.66. The lowest BCUT2D eigenvalue weighted by atomic mass is 10.0. The normalized spacial score (nSPS) is 17.6. The Morgan fingerprint density at radius 2 is 2.12 bits per heavy atom. The quantitative estimate of drug-likeness (QED) is 0.923. The van der Waals surface area contributed by atoms with Crippen molar-refractivity contribution in [2.75, 3.05) is 18.4 Å². The molecular formula is C18H22F2N4O. The molecule has 1 aliphatic rings. The zero-order valence-electron chi connectivity index (χ0n) is 14.4. The first-order chi connectivity index (χ1) is 12.0. The third kappa shape index (κ3) is 3.81. The van der Waals surface area contributed by atoms with Gasteiger partial charge in [0.1, 0.15) is 5.69 Å². The number of aryl methyl sites for hydroxylation is 2. The highest BCUT2D eigenvalue weighted by Crippen LogP contribution is 2.20. The molecule has 0 unspecified atom stereocenters. The average molecular weight is 348 g/mol. The molecule has 0 bridgehead atoms. The summed E-state index contributed by atoms with van der Waals surface area (Å²) in [5.41, 5.74) is 1.93. The molecule has 1 amide bonds. The highest BCUT2D eigenvalue weighted by molar-refractivity contribution is 5.92. The van der Waals surface area contributed by atoms with E-state index in [9.17, 15) is 13.6 Å². The van der Waals surface area contributed by atoms with Crippen LogP contribution in [0.3, 0.4) is 0 Å². The lowest BCUT2D eigenvalue weighted by Gasteiger charge is -2.33. The number of nitrogens with zero attached hydrogens (tertiary/aromatic N) is 3. The average Bonchev–Trinajstić information content (AvgIpc) is 2.98. The number of rotatable bonds is 4. The number of likely N-dealkylation sites (tertiary alicyclic amines) is 1. The second-order valence-electron chi connectivity index (χ2n) is 6.35. The highest BCUT2D eigenvalue weighted by Gasteiger charge is 2.26. The predicted molar refractivity (Wildman–Crippen MR) is 91.5 cm³/mol. The van der Waals surface area contributed by atoms with Gasteiger partial charge in [0, 0.05) is 37.4 Å². The first-order valence-electron chi connectivity index (χ1n) is 8.53. The highest BCUT2D eigenvalue weighted by atomic mass is 19.2. The SMILES string of the molecule is CCn1nc(C)cc1C(=O)N1CCC[C@H](Nc2ccc(F)c(F)c2)C1. The number of benzene rings is 1. The van der Waals surface area contributed by atoms with Gasteiger partial charge in [-0.1, -0.05) is 0 Å². The summed E-state index contributed by atoms with van der Waals surface area (Å²) in [7, 11) is 0. The Bertz CT molecular complexity index is 774. The minimum absolute atomic E-state index is 0.00153. The van der Waals surface area contributed by atoms with E-state index in [1.807, 2.05) is 13.8 Å². The zero-order valence-corrected chi connectivity index (χ0v) is 14.4. The number of halogens is 2. The van der Waals surface area contributed by atoms with Crippen molar-refractivity contribution in [1.82, 2.24) is 14.7 Å². The molecule has 1 aliphatic heterocycles. The van der Waals surface area contributed by atoms with E-state index in [0.717, 1.165) is 30.7 Å². The van der Waals surface area contributed by atoms with Crippen molar-refractivity contribution in [3.63, 3.8) is 0 Å². The number of amides is 1. The van der Waals surface area contributed by atoms with Gasteiger partial charge in [-0.25, -0.2) is 8.78 Å². The van der Waals surface area contributed by atoms with Crippen LogP contribution >= 0.6 is 0 Å². The van der Waals surface area contributed by atoms with Crippen LogP contribution in [-0.2, 0) is 6.54 Å². The summed E-state index contributed by atoms with van der Waals surface area (Å²) in [5.74, 6) is -1.79. The molecule has 0 spiro atoms. The van der Waals surface area contributed by atoms with E-state index < -0.39 is 11.6 Å². The number of carbonyl (C=O) groups is 1. The van der Waals surface area contributed by atoms with Crippen LogP contribution in [0.15, 0.2) is 24.3 Å². The van der Waals surface area contributed by atoms with E-state index in [4.69, 9.17) is 0 Å². The summed E-state index contributed by atoms with van der Waals surface area (Å²) < 4.78 is 28.1. The standard InChI is InChI=1S/C18H22F2N4O/c1-3-24-17(9-12(2)22-24)18(25)23-8-4-5-14(11-23)21-13-6-7-15(19)16(20)10-13/h6-7,9-10,14,21H,3-5,8,11H2,1-2H3/t14-/m0/s1. The number of aromatic nitrogens is 2. The molecule has 1 N–H and O–H groups in total. The molecule has 1 aromatic heterocycles. The Balaban J connectivity index is 1.70. The van der Waals surface area contributed by atoms with Crippen molar-refractivity contribution >= 4 is 11.6 Å². The topological polar surface area (TPSA) is 50.2 Å². The van der Waals surface area contributed by atoms with Crippen LogP contribution in [0, 0.1) is 18.6 Å². The van der Waals surface area contributed by atoms with Gasteiger partial charge >= 0.3 is 0 Å². The number of nitrogens with one attached hydrogen (secondary N) is 1. The molecule has 0 aliphatic carbocycles. The molecule has 7 heteroatoms. The van der Waals surface area contributed by atoms with Crippen molar-refractivity contribution < 1.29 is 13.6 Å². The third-order valence-electron chi connectivity index (χ3n) is 4.42. The number of carbonyl (C=O) groups excluding carboxylic acids is 1. The maximum atomic E-state index is 13.4. The minimum atomic E-state index is -0.879. The van der Waals surface area contributed by atoms with Crippen molar-refractivity contribution in [2.24, 2.45) is 0 Å². The summed E-state index contributed by atoms with van der Waals surface area (Å²) >= 11 is 0. The van der Waals surface area contributed by atoms with Gasteiger partial charge in [0.05, 0.1) is 5.69 Å². The maximum absolute atomic E-state index is 13.4. The molecule has 1 atom stereocenters. The van der Waals surface area contributed by atoms with E-state index in [2.05, 4.69) is 10.4 Å². The van der Waals surface area contributed by atoms with E-state index in [1.54, 1.807) is 15.6 Å². The van der Waals surface area contributed by atoms with Gasteiger partial charge in [-0.05, 0) is 44.9 Å². The summed E-state index contributed by atoms with van der Waals surface area (Å²) in [4.78, 5) is 14.6. The van der Waals surface area contributed by atoms with Crippen molar-refractivity contribution in [1.29, 1.82) is 0 Å². The van der Waals surface area contributed by atoms with Gasteiger partial charge in [0.25, 0.3) is 5.91 Å². The van der Waals surface area contributed by atoms with Crippen molar-refractivity contribution in [2.45, 2.75) is 39.3 Å². The second-order valence-corrected chi connectivity index (χ2v) is 6.35. The monoisotopic (exact) mass is 348 g/mol. The number of hydrogen-bond donors (Lipinski definition) is 1. The van der Waals surface area contributed by atoms with Gasteiger partial charge in [0.15, 0.2) is 11.6 Å². The molecule has 1 fully saturated rings. The second kappa shape index (κ2) is 7.21. The largest absolute Gasteiger partial charge is 0.380 e. The van der Waals surface area contributed by atoms with Crippen LogP contribution in [0.25, 0.3) is 0 Å². The Morgan fingerprint density at radius 3 is 2.84 bits per heavy atom. The van der Waals surface area contributed by atoms with Crippen LogP contribution in [0.1, 0.15) is 35.9 Å². The van der Waals surface area contributed by atoms with Crippen LogP contribution in [0.5, 0.6) is 0 Å². The summed E-state index contributed by atoms with van der Waals surface area (Å²) in [6.07, 6.45) is 1.72. The van der Waals surface area contributed by atoms with Crippen LogP contribution in [0.2, 0.25) is 0 Å². The van der Waals surface area contributed by atoms with Gasteiger partial charge < -0.3 is 10.2 Å². The summed E-state index contributed by atoms with van der Waals surface area (Å²) in [5, 5.41) is 7.52. The van der Waals surface area contributed by atoms with Gasteiger partial charge in [-0.15, -0.1) is 0 Å². The van der Waals surface area contributed by atoms with Gasteiger partial charge in [-0.3, -0.25) is 9.48 Å². The smallest absolute Gasteiger partial charge is 0.272 e. The molecule has 1 aromatic carbocycles. The van der Waals surface area contributed by atoms with Crippen molar-refractivity contribution in [3.8, 4) is 0 Å². The van der Waals surface area contributed by atoms with Gasteiger partial charge in [-0.2, -0.15) is 5.10 Å². The molecule has 25 heavy (non-hydrogen) atoms. The molecule has 5 nitrogen and oxygen atoms in total. The van der Waals surface area contributed by atoms with E-state index in [0.29, 0.717) is 31.0 Å². The Labute approximate surface area is 145 Å². The molecule has 3 rings (SSSR count). The lowest BCUT2D eigenvalue weighted by Crippen LogP contribution is -2.45. The van der Waals surface area contributed by atoms with Crippen LogP contribution in [0.4, 0.5) is 14.5 Å². The summed E-state index contributed by atoms with van der Waals surface area (Å²) in [6, 6.07) is 5.56. The zero-order chi connectivity index (χ0) is 18.0. The predicted octanol–water partition coefficient (Wildman–Crippen LogP) is 3.21. The maximum Gasteiger partial charge on any atom is 0.272 e. The number of piperidine rings is 1. The Morgan fingerprint density at radius 1 is 1.32 bits per heavy atom. The van der Waals surface area contributed by atoms with E-state index in [1.165, 1.54) is 6.07 Å². The van der Waals surface area contributed by atoms with Crippen molar-refractivity contribution in [3.05, 3.63) is 47.3 Å². The molecular weight excluding hydrogens is 326 g/mol. The van der Waals surface area contributed by atoms with E-state index >= 15 is 0 Å². The van der Waals surface area contributed by atoms with Crippen LogP contribution < -0.4 is 5.32 Å². The Hall–Kier alpha value is -2.44. The molecule has 1 saturated heterocycles. The minimum Gasteiger partial charge on any atom is -0.380 e. The van der Waals surface area contributed by atoms with Gasteiger partial charge in [0.2, 0.25) is 0 Å². The molecule has 0 saturated carbocycles. The number of anilines is 1. The first kappa shape index (κ1) is 17.4. The molecule has 2 aromatic rings. The lowest BCUT2D eigenvalue weighted by molar-refractivity contribution is 0.0702. The molecule has 134 valence electrons. The molecule has 0 radical (unpaired) electrons. The van der Waals surface area contributed by atoms with Crippen LogP contribution in [-0.4, -0.2) is 39.7 Å². The first-order valence-corrected chi connectivity index (χ1v) is 8.53. The molecule has 2 heterocycles. The number of hydrogen-bond acceptors (Lipinski definition) is 3.